The van der Waals surface area contributed by atoms with Crippen LogP contribution in [-0.4, -0.2) is 31.1 Å². The molecule has 0 saturated carbocycles. The number of methoxy groups -OCH3 is 1. The van der Waals surface area contributed by atoms with Crippen molar-refractivity contribution in [3.05, 3.63) is 81.8 Å². The number of phenolic OH excluding ortho intramolecular Hbond substituents is 1. The van der Waals surface area contributed by atoms with E-state index in [-0.39, 0.29) is 38.8 Å². The molecule has 0 spiro atoms. The molecule has 196 valence electrons. The van der Waals surface area contributed by atoms with Crippen molar-refractivity contribution in [3.8, 4) is 11.5 Å². The van der Waals surface area contributed by atoms with Crippen LogP contribution in [0.25, 0.3) is 10.8 Å². The summed E-state index contributed by atoms with van der Waals surface area (Å²) in [6.07, 6.45) is 0.170. The highest BCUT2D eigenvalue weighted by Gasteiger charge is 2.22. The highest BCUT2D eigenvalue weighted by Crippen LogP contribution is 2.42. The van der Waals surface area contributed by atoms with Crippen molar-refractivity contribution in [2.45, 2.75) is 18.2 Å². The summed E-state index contributed by atoms with van der Waals surface area (Å²) in [4.78, 5) is 12.8. The largest absolute Gasteiger partial charge is 0.505 e. The smallest absolute Gasteiger partial charge is 0.294 e. The molecule has 3 N–H and O–H groups in total. The number of halogens is 2. The molecule has 1 amide bonds. The van der Waals surface area contributed by atoms with Crippen molar-refractivity contribution in [2.75, 3.05) is 12.4 Å². The number of azo groups is 1. The highest BCUT2D eigenvalue weighted by atomic mass is 35.5. The van der Waals surface area contributed by atoms with E-state index < -0.39 is 21.8 Å². The predicted molar refractivity (Wildman–Crippen MR) is 146 cm³/mol. The minimum absolute atomic E-state index is 0.00972. The van der Waals surface area contributed by atoms with E-state index in [0.29, 0.717) is 27.2 Å². The molecule has 0 aromatic heterocycles. The van der Waals surface area contributed by atoms with Crippen molar-refractivity contribution in [2.24, 2.45) is 10.2 Å². The number of ether oxygens (including phenoxy) is 1. The lowest BCUT2D eigenvalue weighted by molar-refractivity contribution is 0.102. The van der Waals surface area contributed by atoms with E-state index >= 15 is 0 Å². The van der Waals surface area contributed by atoms with Gasteiger partial charge in [0.2, 0.25) is 0 Å². The molecule has 0 heterocycles. The summed E-state index contributed by atoms with van der Waals surface area (Å²) >= 11 is 12.4. The number of hydrogen-bond acceptors (Lipinski definition) is 7. The zero-order valence-corrected chi connectivity index (χ0v) is 22.4. The number of nitrogens with one attached hydrogen (secondary N) is 1. The molecule has 4 aromatic rings. The Labute approximate surface area is 228 Å². The zero-order valence-electron chi connectivity index (χ0n) is 20.1. The van der Waals surface area contributed by atoms with Crippen LogP contribution in [0.3, 0.4) is 0 Å². The minimum Gasteiger partial charge on any atom is -0.505 e. The number of nitrogens with zero attached hydrogens (tertiary/aromatic N) is 2. The van der Waals surface area contributed by atoms with Gasteiger partial charge in [-0.05, 0) is 48.2 Å². The number of anilines is 1. The third-order valence-corrected chi connectivity index (χ3v) is 7.26. The quantitative estimate of drug-likeness (QED) is 0.156. The van der Waals surface area contributed by atoms with Crippen molar-refractivity contribution >= 4 is 67.1 Å². The molecule has 0 atom stereocenters. The van der Waals surface area contributed by atoms with E-state index in [0.717, 1.165) is 0 Å². The topological polar surface area (TPSA) is 138 Å². The monoisotopic (exact) mass is 573 g/mol. The first-order valence-electron chi connectivity index (χ1n) is 11.1. The van der Waals surface area contributed by atoms with E-state index in [1.54, 1.807) is 43.3 Å². The number of carbonyl (C=O) groups is 1. The summed E-state index contributed by atoms with van der Waals surface area (Å²) < 4.78 is 38.4. The van der Waals surface area contributed by atoms with Crippen LogP contribution >= 0.6 is 23.2 Å². The molecule has 0 unspecified atom stereocenters. The molecule has 0 aliphatic heterocycles. The molecule has 0 aliphatic carbocycles. The van der Waals surface area contributed by atoms with Crippen LogP contribution < -0.4 is 10.1 Å². The molecule has 0 saturated heterocycles. The van der Waals surface area contributed by atoms with Crippen LogP contribution in [-0.2, 0) is 16.5 Å². The van der Waals surface area contributed by atoms with E-state index in [1.165, 1.54) is 31.4 Å². The van der Waals surface area contributed by atoms with Gasteiger partial charge in [-0.15, -0.1) is 10.2 Å². The minimum atomic E-state index is -4.55. The number of aromatic hydroxyl groups is 1. The maximum absolute atomic E-state index is 13.1. The van der Waals surface area contributed by atoms with Crippen LogP contribution in [0.2, 0.25) is 10.0 Å². The van der Waals surface area contributed by atoms with Gasteiger partial charge in [0.1, 0.15) is 17.1 Å². The number of rotatable bonds is 7. The second kappa shape index (κ2) is 11.0. The molecule has 0 fully saturated rings. The number of phenols is 1. The molecular weight excluding hydrogens is 553 g/mol. The zero-order chi connectivity index (χ0) is 27.6. The number of amides is 1. The number of carbonyl (C=O) groups excluding carboxylic acids is 1. The molecule has 9 nitrogen and oxygen atoms in total. The summed E-state index contributed by atoms with van der Waals surface area (Å²) in [6.45, 7) is 1.67. The lowest BCUT2D eigenvalue weighted by Gasteiger charge is -2.13. The fourth-order valence-electron chi connectivity index (χ4n) is 3.92. The second-order valence-corrected chi connectivity index (χ2v) is 10.3. The van der Waals surface area contributed by atoms with Gasteiger partial charge in [-0.3, -0.25) is 9.35 Å². The van der Waals surface area contributed by atoms with Crippen molar-refractivity contribution < 1.29 is 27.6 Å². The van der Waals surface area contributed by atoms with Gasteiger partial charge in [-0.1, -0.05) is 54.4 Å². The van der Waals surface area contributed by atoms with Crippen LogP contribution in [0.5, 0.6) is 11.5 Å². The maximum Gasteiger partial charge on any atom is 0.294 e. The Hall–Kier alpha value is -3.70. The maximum atomic E-state index is 13.1. The van der Waals surface area contributed by atoms with Gasteiger partial charge in [0, 0.05) is 16.6 Å². The number of hydrogen-bond donors (Lipinski definition) is 3. The summed E-state index contributed by atoms with van der Waals surface area (Å²) in [5.41, 5.74) is 0.417. The fraction of sp³-hybridized carbons (Fsp3) is 0.115. The Morgan fingerprint density at radius 2 is 1.71 bits per heavy atom. The van der Waals surface area contributed by atoms with Gasteiger partial charge in [-0.2, -0.15) is 8.42 Å². The average Bonchev–Trinajstić information content (AvgIpc) is 2.87. The number of benzene rings is 4. The van der Waals surface area contributed by atoms with Gasteiger partial charge >= 0.3 is 0 Å². The van der Waals surface area contributed by atoms with Crippen molar-refractivity contribution in [1.29, 1.82) is 0 Å². The summed E-state index contributed by atoms with van der Waals surface area (Å²) in [6, 6.07) is 15.6. The average molecular weight is 574 g/mol. The highest BCUT2D eigenvalue weighted by molar-refractivity contribution is 7.85. The van der Waals surface area contributed by atoms with Crippen molar-refractivity contribution in [3.63, 3.8) is 0 Å². The molecule has 12 heteroatoms. The second-order valence-electron chi connectivity index (χ2n) is 8.05. The third kappa shape index (κ3) is 5.44. The van der Waals surface area contributed by atoms with Gasteiger partial charge < -0.3 is 15.2 Å². The Balaban J connectivity index is 1.82. The Bertz CT molecular complexity index is 1710. The van der Waals surface area contributed by atoms with Crippen LogP contribution in [0.1, 0.15) is 22.8 Å². The van der Waals surface area contributed by atoms with E-state index in [2.05, 4.69) is 15.5 Å². The first kappa shape index (κ1) is 27.3. The normalized spacial score (nSPS) is 11.7. The molecule has 0 aliphatic rings. The standard InChI is InChI=1S/C26H21Cl2N3O6S/c1-3-16-22(38(34,35)36)11-9-19(27)23(16)30-31-24-17-7-5-4-6-14(17)12-18(25(24)32)26(33)29-15-8-10-21(37-2)20(28)13-15/h4-13,32H,3H2,1-2H3,(H,29,33)(H,34,35,36). The molecular formula is C26H21Cl2N3O6S. The first-order chi connectivity index (χ1) is 18.0. The van der Waals surface area contributed by atoms with Gasteiger partial charge in [0.15, 0.2) is 5.75 Å². The van der Waals surface area contributed by atoms with E-state index in [4.69, 9.17) is 27.9 Å². The predicted octanol–water partition coefficient (Wildman–Crippen LogP) is 7.34. The SMILES string of the molecule is CCc1c(S(=O)(=O)O)ccc(Cl)c1N=Nc1c(O)c(C(=O)Nc2ccc(OC)c(Cl)c2)cc2ccccc12. The summed E-state index contributed by atoms with van der Waals surface area (Å²) in [7, 11) is -3.08. The lowest BCUT2D eigenvalue weighted by atomic mass is 10.0. The third-order valence-electron chi connectivity index (χ3n) is 5.72. The van der Waals surface area contributed by atoms with Gasteiger partial charge in [0.25, 0.3) is 16.0 Å². The summed E-state index contributed by atoms with van der Waals surface area (Å²) in [5, 5.41) is 23.6. The number of fused-ring (bicyclic) bond motifs is 1. The Kier molecular flexibility index (Phi) is 7.89. The molecule has 38 heavy (non-hydrogen) atoms. The van der Waals surface area contributed by atoms with E-state index in [1.807, 2.05) is 0 Å². The first-order valence-corrected chi connectivity index (χ1v) is 13.3. The van der Waals surface area contributed by atoms with E-state index in [9.17, 15) is 22.9 Å². The van der Waals surface area contributed by atoms with Crippen LogP contribution in [0, 0.1) is 0 Å². The van der Waals surface area contributed by atoms with Crippen LogP contribution in [0.4, 0.5) is 17.1 Å². The Morgan fingerprint density at radius 1 is 1.00 bits per heavy atom. The fourth-order valence-corrected chi connectivity index (χ4v) is 5.18. The molecule has 4 aromatic carbocycles. The summed E-state index contributed by atoms with van der Waals surface area (Å²) in [5.74, 6) is -0.652. The molecule has 0 bridgehead atoms. The molecule has 0 radical (unpaired) electrons. The van der Waals surface area contributed by atoms with Gasteiger partial charge in [-0.25, -0.2) is 0 Å². The van der Waals surface area contributed by atoms with Crippen LogP contribution in [0.15, 0.2) is 75.8 Å². The lowest BCUT2D eigenvalue weighted by Crippen LogP contribution is -2.12. The Morgan fingerprint density at radius 3 is 2.37 bits per heavy atom. The molecule has 4 rings (SSSR count). The van der Waals surface area contributed by atoms with Gasteiger partial charge in [0.05, 0.1) is 27.6 Å². The van der Waals surface area contributed by atoms with Crippen molar-refractivity contribution in [1.82, 2.24) is 0 Å².